The maximum atomic E-state index is 13.4. The Morgan fingerprint density at radius 1 is 0.860 bits per heavy atom. The number of fused-ring (bicyclic) bond motifs is 1. The Hall–Kier alpha value is -5.97. The average Bonchev–Trinajstić information content (AvgIpc) is 3.76. The molecule has 298 valence electrons. The van der Waals surface area contributed by atoms with Crippen LogP contribution in [-0.4, -0.2) is 118 Å². The van der Waals surface area contributed by atoms with Gasteiger partial charge in [0, 0.05) is 63.5 Å². The molecule has 2 aromatic carbocycles. The number of rotatable bonds is 10. The molecule has 0 aliphatic carbocycles. The van der Waals surface area contributed by atoms with Gasteiger partial charge in [-0.25, -0.2) is 0 Å². The number of nitrogens with zero attached hydrogens (tertiary/aromatic N) is 7. The smallest absolute Gasteiger partial charge is 0.273 e. The fourth-order valence-corrected chi connectivity index (χ4v) is 8.93. The zero-order chi connectivity index (χ0) is 39.8. The van der Waals surface area contributed by atoms with E-state index < -0.39 is 35.6 Å². The van der Waals surface area contributed by atoms with Crippen LogP contribution in [0.4, 0.5) is 23.1 Å². The van der Waals surface area contributed by atoms with Gasteiger partial charge in [0.15, 0.2) is 11.5 Å². The van der Waals surface area contributed by atoms with Crippen LogP contribution in [0.25, 0.3) is 0 Å². The molecule has 5 aliphatic rings. The number of piperidine rings is 3. The van der Waals surface area contributed by atoms with E-state index in [1.165, 1.54) is 12.5 Å². The number of carbonyl (C=O) groups is 6. The number of imide groups is 2. The summed E-state index contributed by atoms with van der Waals surface area (Å²) < 4.78 is 0. The Morgan fingerprint density at radius 3 is 2.37 bits per heavy atom. The molecule has 57 heavy (non-hydrogen) atoms. The third kappa shape index (κ3) is 8.01. The molecule has 8 rings (SSSR count). The van der Waals surface area contributed by atoms with Gasteiger partial charge in [0.2, 0.25) is 23.7 Å². The van der Waals surface area contributed by atoms with Crippen molar-refractivity contribution in [2.75, 3.05) is 60.9 Å². The molecule has 4 saturated heterocycles. The summed E-state index contributed by atoms with van der Waals surface area (Å²) in [5.41, 5.74) is 9.06. The minimum absolute atomic E-state index is 0.0197. The van der Waals surface area contributed by atoms with E-state index >= 15 is 0 Å². The Bertz CT molecular complexity index is 2100. The van der Waals surface area contributed by atoms with Crippen molar-refractivity contribution < 1.29 is 28.8 Å². The van der Waals surface area contributed by atoms with E-state index in [2.05, 4.69) is 53.1 Å². The number of nitrogens with one attached hydrogen (secondary N) is 3. The van der Waals surface area contributed by atoms with Gasteiger partial charge >= 0.3 is 0 Å². The summed E-state index contributed by atoms with van der Waals surface area (Å²) in [6.07, 6.45) is 5.04. The number of nitrogens with two attached hydrogens (primary N) is 1. The van der Waals surface area contributed by atoms with Gasteiger partial charge < -0.3 is 31.1 Å². The van der Waals surface area contributed by atoms with Gasteiger partial charge in [-0.2, -0.15) is 4.98 Å². The Kier molecular flexibility index (Phi) is 10.6. The highest BCUT2D eigenvalue weighted by Crippen LogP contribution is 2.34. The number of amides is 6. The van der Waals surface area contributed by atoms with E-state index in [0.717, 1.165) is 81.1 Å². The minimum Gasteiger partial charge on any atom is -0.371 e. The van der Waals surface area contributed by atoms with Crippen LogP contribution in [0.2, 0.25) is 0 Å². The molecule has 0 saturated carbocycles. The molecule has 5 N–H and O–H groups in total. The molecule has 0 radical (unpaired) electrons. The molecule has 17 nitrogen and oxygen atoms in total. The maximum absolute atomic E-state index is 13.4. The predicted octanol–water partition coefficient (Wildman–Crippen LogP) is 1.93. The van der Waals surface area contributed by atoms with Crippen molar-refractivity contribution in [2.24, 2.45) is 11.7 Å². The first kappa shape index (κ1) is 37.9. The van der Waals surface area contributed by atoms with E-state index in [-0.39, 0.29) is 36.3 Å². The molecular formula is C40H47N11O6. The van der Waals surface area contributed by atoms with Crippen LogP contribution in [0.5, 0.6) is 0 Å². The van der Waals surface area contributed by atoms with E-state index in [4.69, 9.17) is 5.73 Å². The maximum Gasteiger partial charge on any atom is 0.273 e. The highest BCUT2D eigenvalue weighted by molar-refractivity contribution is 6.23. The molecule has 2 unspecified atom stereocenters. The van der Waals surface area contributed by atoms with Gasteiger partial charge in [-0.15, -0.1) is 10.2 Å². The number of benzene rings is 2. The summed E-state index contributed by atoms with van der Waals surface area (Å²) >= 11 is 0. The first-order chi connectivity index (χ1) is 27.5. The summed E-state index contributed by atoms with van der Waals surface area (Å²) in [5.74, 6) is -1.32. The van der Waals surface area contributed by atoms with Crippen molar-refractivity contribution in [1.29, 1.82) is 0 Å². The Morgan fingerprint density at radius 2 is 1.63 bits per heavy atom. The molecule has 0 bridgehead atoms. The fourth-order valence-electron chi connectivity index (χ4n) is 8.93. The van der Waals surface area contributed by atoms with Gasteiger partial charge in [0.1, 0.15) is 6.04 Å². The zero-order valence-corrected chi connectivity index (χ0v) is 31.9. The van der Waals surface area contributed by atoms with Gasteiger partial charge in [0.25, 0.3) is 17.7 Å². The standard InChI is InChI=1S/C40H47N11O6/c1-23(52)42-28-3-2-15-50(22-28)40-45-36(34(35(41)54)46-47-40)43-27-6-4-25(5-7-27)26-13-16-48(17-14-26)20-24-12-18-49(21-24)29-8-9-30-31(19-29)39(57)51(38(30)56)32-10-11-33(53)44-37(32)55/h4-9,19,24,26,28,32H,2-3,10-18,20-22H2,1H3,(H2,41,54)(H,42,52)(H,43,45,47)(H,44,53,55)/t24?,28-,32?/m1/s1. The van der Waals surface area contributed by atoms with Crippen molar-refractivity contribution in [1.82, 2.24) is 35.6 Å². The topological polar surface area (TPSA) is 216 Å². The van der Waals surface area contributed by atoms with Crippen molar-refractivity contribution in [2.45, 2.75) is 69.9 Å². The number of primary amides is 1. The highest BCUT2D eigenvalue weighted by Gasteiger charge is 2.45. The molecule has 4 fully saturated rings. The van der Waals surface area contributed by atoms with Crippen LogP contribution < -0.4 is 31.5 Å². The fraction of sp³-hybridized carbons (Fsp3) is 0.475. The molecular weight excluding hydrogens is 731 g/mol. The second kappa shape index (κ2) is 15.9. The zero-order valence-electron chi connectivity index (χ0n) is 31.9. The Balaban J connectivity index is 0.833. The first-order valence-corrected chi connectivity index (χ1v) is 19.8. The Labute approximate surface area is 329 Å². The van der Waals surface area contributed by atoms with E-state index in [1.54, 1.807) is 12.1 Å². The van der Waals surface area contributed by atoms with Crippen LogP contribution in [0, 0.1) is 5.92 Å². The lowest BCUT2D eigenvalue weighted by molar-refractivity contribution is -0.136. The summed E-state index contributed by atoms with van der Waals surface area (Å²) in [7, 11) is 0. The molecule has 0 spiro atoms. The lowest BCUT2D eigenvalue weighted by atomic mass is 9.89. The van der Waals surface area contributed by atoms with Crippen LogP contribution in [0.1, 0.15) is 94.6 Å². The quantitative estimate of drug-likeness (QED) is 0.217. The number of anilines is 4. The van der Waals surface area contributed by atoms with Crippen molar-refractivity contribution in [3.8, 4) is 0 Å². The van der Waals surface area contributed by atoms with Crippen LogP contribution in [-0.2, 0) is 14.4 Å². The first-order valence-electron chi connectivity index (χ1n) is 19.8. The number of hydrogen-bond acceptors (Lipinski definition) is 13. The predicted molar refractivity (Wildman–Crippen MR) is 209 cm³/mol. The molecule has 1 aromatic heterocycles. The van der Waals surface area contributed by atoms with Crippen molar-refractivity contribution in [3.05, 3.63) is 64.8 Å². The largest absolute Gasteiger partial charge is 0.371 e. The van der Waals surface area contributed by atoms with Crippen LogP contribution in [0.15, 0.2) is 42.5 Å². The summed E-state index contributed by atoms with van der Waals surface area (Å²) in [5, 5.41) is 16.7. The van der Waals surface area contributed by atoms with Crippen LogP contribution >= 0.6 is 0 Å². The van der Waals surface area contributed by atoms with E-state index in [9.17, 15) is 28.8 Å². The third-order valence-corrected chi connectivity index (χ3v) is 11.8. The second-order valence-electron chi connectivity index (χ2n) is 15.8. The normalized spacial score (nSPS) is 23.1. The molecule has 6 heterocycles. The summed E-state index contributed by atoms with van der Waals surface area (Å²) in [6.45, 7) is 7.42. The number of carbonyl (C=O) groups excluding carboxylic acids is 6. The van der Waals surface area contributed by atoms with Crippen molar-refractivity contribution in [3.63, 3.8) is 0 Å². The number of hydrogen-bond donors (Lipinski definition) is 4. The summed E-state index contributed by atoms with van der Waals surface area (Å²) in [6, 6.07) is 12.5. The summed E-state index contributed by atoms with van der Waals surface area (Å²) in [4.78, 5) is 86.8. The molecule has 5 aliphatic heterocycles. The second-order valence-corrected chi connectivity index (χ2v) is 15.8. The van der Waals surface area contributed by atoms with E-state index in [1.807, 2.05) is 23.1 Å². The van der Waals surface area contributed by atoms with Gasteiger partial charge in [-0.1, -0.05) is 12.1 Å². The van der Waals surface area contributed by atoms with Crippen LogP contribution in [0.3, 0.4) is 0 Å². The SMILES string of the molecule is CC(=O)N[C@@H]1CCCN(c2nnc(C(N)=O)c(Nc3ccc(C4CCN(CC5CCN(c6ccc7c(c6)C(=O)N(C6CCC(=O)NC6=O)C7=O)C5)CC4)cc3)n2)C1. The van der Waals surface area contributed by atoms with Gasteiger partial charge in [-0.3, -0.25) is 39.0 Å². The molecule has 3 atom stereocenters. The highest BCUT2D eigenvalue weighted by atomic mass is 16.2. The lowest BCUT2D eigenvalue weighted by Crippen LogP contribution is -2.54. The van der Waals surface area contributed by atoms with E-state index in [0.29, 0.717) is 42.0 Å². The van der Waals surface area contributed by atoms with Crippen molar-refractivity contribution >= 4 is 58.6 Å². The van der Waals surface area contributed by atoms with Gasteiger partial charge in [-0.05, 0) is 99.3 Å². The van der Waals surface area contributed by atoms with Gasteiger partial charge in [0.05, 0.1) is 11.1 Å². The minimum atomic E-state index is -0.978. The monoisotopic (exact) mass is 777 g/mol. The third-order valence-electron chi connectivity index (χ3n) is 11.8. The molecule has 6 amide bonds. The lowest BCUT2D eigenvalue weighted by Gasteiger charge is -2.34. The average molecular weight is 778 g/mol. The molecule has 3 aromatic rings. The number of likely N-dealkylation sites (tertiary alicyclic amines) is 1. The molecule has 17 heteroatoms. The number of aromatic nitrogens is 3.